The van der Waals surface area contributed by atoms with Crippen LogP contribution in [0.4, 0.5) is 0 Å². The van der Waals surface area contributed by atoms with Gasteiger partial charge in [0.05, 0.1) is 10.0 Å². The van der Waals surface area contributed by atoms with E-state index in [-0.39, 0.29) is 5.15 Å². The second-order valence-corrected chi connectivity index (χ2v) is 3.78. The van der Waals surface area contributed by atoms with Crippen molar-refractivity contribution < 1.29 is 0 Å². The topological polar surface area (TPSA) is 50.9 Å². The third-order valence-corrected chi connectivity index (χ3v) is 2.91. The molecule has 0 aliphatic heterocycles. The monoisotopic (exact) mass is 253 g/mol. The summed E-state index contributed by atoms with van der Waals surface area (Å²) in [5.41, 5.74) is 6.14. The maximum Gasteiger partial charge on any atom is 0.149 e. The first-order valence-corrected chi connectivity index (χ1v) is 5.19. The molecule has 0 fully saturated rings. The van der Waals surface area contributed by atoms with Crippen LogP contribution in [0, 0.1) is 0 Å². The minimum Gasteiger partial charge on any atom is -0.329 e. The van der Waals surface area contributed by atoms with Crippen molar-refractivity contribution >= 4 is 34.8 Å². The van der Waals surface area contributed by atoms with Gasteiger partial charge >= 0.3 is 0 Å². The number of rotatable bonds is 4. The molecule has 0 unspecified atom stereocenters. The fourth-order valence-electron chi connectivity index (χ4n) is 0.928. The molecular weight excluding hydrogens is 244 g/mol. The number of nitrogens with one attached hydrogen (secondary N) is 1. The van der Waals surface area contributed by atoms with Crippen molar-refractivity contribution in [2.75, 3.05) is 13.1 Å². The van der Waals surface area contributed by atoms with Gasteiger partial charge in [0.2, 0.25) is 0 Å². The molecule has 0 aromatic carbocycles. The lowest BCUT2D eigenvalue weighted by Gasteiger charge is -2.06. The zero-order chi connectivity index (χ0) is 10.6. The van der Waals surface area contributed by atoms with E-state index in [1.165, 1.54) is 0 Å². The largest absolute Gasteiger partial charge is 0.329 e. The van der Waals surface area contributed by atoms with Crippen LogP contribution < -0.4 is 11.1 Å². The molecule has 0 aliphatic carbocycles. The van der Waals surface area contributed by atoms with Crippen molar-refractivity contribution in [1.29, 1.82) is 0 Å². The predicted molar refractivity (Wildman–Crippen MR) is 60.0 cm³/mol. The van der Waals surface area contributed by atoms with Crippen LogP contribution in [0.1, 0.15) is 5.56 Å². The number of nitrogens with two attached hydrogens (primary N) is 1. The van der Waals surface area contributed by atoms with Crippen LogP contribution in [0.5, 0.6) is 0 Å². The Morgan fingerprint density at radius 1 is 1.29 bits per heavy atom. The normalized spacial score (nSPS) is 10.6. The van der Waals surface area contributed by atoms with Gasteiger partial charge in [-0.15, -0.1) is 0 Å². The highest BCUT2D eigenvalue weighted by molar-refractivity contribution is 6.47. The average molecular weight is 255 g/mol. The Kier molecular flexibility index (Phi) is 4.92. The van der Waals surface area contributed by atoms with Crippen molar-refractivity contribution in [2.24, 2.45) is 5.73 Å². The van der Waals surface area contributed by atoms with Crippen molar-refractivity contribution in [3.63, 3.8) is 0 Å². The molecule has 78 valence electrons. The summed E-state index contributed by atoms with van der Waals surface area (Å²) in [7, 11) is 0. The van der Waals surface area contributed by atoms with Gasteiger partial charge in [-0.05, 0) is 0 Å². The van der Waals surface area contributed by atoms with Crippen LogP contribution in [0.15, 0.2) is 6.20 Å². The molecule has 0 atom stereocenters. The second kappa shape index (κ2) is 5.73. The molecule has 0 amide bonds. The van der Waals surface area contributed by atoms with Crippen molar-refractivity contribution in [3.05, 3.63) is 27.0 Å². The SMILES string of the molecule is NCCNCc1cnc(Cl)c(Cl)c1Cl. The minimum atomic E-state index is 0.222. The van der Waals surface area contributed by atoms with E-state index in [1.807, 2.05) is 0 Å². The molecular formula is C8H10Cl3N3. The zero-order valence-corrected chi connectivity index (χ0v) is 9.62. The Bertz CT molecular complexity index is 317. The Balaban J connectivity index is 2.73. The lowest BCUT2D eigenvalue weighted by Crippen LogP contribution is -2.22. The minimum absolute atomic E-state index is 0.222. The third kappa shape index (κ3) is 2.97. The molecule has 3 nitrogen and oxygen atoms in total. The highest BCUT2D eigenvalue weighted by Crippen LogP contribution is 2.30. The van der Waals surface area contributed by atoms with Gasteiger partial charge < -0.3 is 11.1 Å². The number of pyridine rings is 1. The van der Waals surface area contributed by atoms with E-state index in [1.54, 1.807) is 6.20 Å². The molecule has 1 rings (SSSR count). The molecule has 3 N–H and O–H groups in total. The maximum absolute atomic E-state index is 5.95. The molecule has 0 saturated carbocycles. The average Bonchev–Trinajstić information content (AvgIpc) is 2.18. The summed E-state index contributed by atoms with van der Waals surface area (Å²) in [6, 6.07) is 0. The number of aromatic nitrogens is 1. The van der Waals surface area contributed by atoms with Crippen LogP contribution in [-0.4, -0.2) is 18.1 Å². The first kappa shape index (κ1) is 12.0. The molecule has 1 aromatic heterocycles. The summed E-state index contributed by atoms with van der Waals surface area (Å²) < 4.78 is 0. The number of hydrogen-bond donors (Lipinski definition) is 2. The van der Waals surface area contributed by atoms with Crippen molar-refractivity contribution in [1.82, 2.24) is 10.3 Å². The molecule has 1 heterocycles. The van der Waals surface area contributed by atoms with Gasteiger partial charge in [-0.3, -0.25) is 0 Å². The summed E-state index contributed by atoms with van der Waals surface area (Å²) in [5, 5.41) is 4.04. The highest BCUT2D eigenvalue weighted by atomic mass is 35.5. The Labute approximate surface area is 97.5 Å². The first-order valence-electron chi connectivity index (χ1n) is 4.06. The zero-order valence-electron chi connectivity index (χ0n) is 7.36. The fraction of sp³-hybridized carbons (Fsp3) is 0.375. The quantitative estimate of drug-likeness (QED) is 0.639. The van der Waals surface area contributed by atoms with Gasteiger partial charge in [-0.2, -0.15) is 0 Å². The molecule has 1 aromatic rings. The Hall–Kier alpha value is -0.0600. The molecule has 0 bridgehead atoms. The summed E-state index contributed by atoms with van der Waals surface area (Å²) in [6.45, 7) is 1.88. The third-order valence-electron chi connectivity index (χ3n) is 1.63. The van der Waals surface area contributed by atoms with Gasteiger partial charge in [-0.25, -0.2) is 4.98 Å². The number of halogens is 3. The van der Waals surface area contributed by atoms with E-state index < -0.39 is 0 Å². The van der Waals surface area contributed by atoms with E-state index in [2.05, 4.69) is 10.3 Å². The van der Waals surface area contributed by atoms with Gasteiger partial charge in [0.25, 0.3) is 0 Å². The van der Waals surface area contributed by atoms with Gasteiger partial charge in [-0.1, -0.05) is 34.8 Å². The maximum atomic E-state index is 5.95. The molecule has 0 aliphatic rings. The van der Waals surface area contributed by atoms with Crippen LogP contribution in [0.3, 0.4) is 0 Å². The molecule has 14 heavy (non-hydrogen) atoms. The van der Waals surface area contributed by atoms with Crippen LogP contribution >= 0.6 is 34.8 Å². The van der Waals surface area contributed by atoms with Gasteiger partial charge in [0.15, 0.2) is 0 Å². The molecule has 0 radical (unpaired) electrons. The van der Waals surface area contributed by atoms with Crippen LogP contribution in [0.2, 0.25) is 15.2 Å². The molecule has 6 heteroatoms. The second-order valence-electron chi connectivity index (χ2n) is 2.67. The Morgan fingerprint density at radius 2 is 2.00 bits per heavy atom. The Morgan fingerprint density at radius 3 is 2.64 bits per heavy atom. The van der Waals surface area contributed by atoms with Gasteiger partial charge in [0, 0.05) is 31.4 Å². The van der Waals surface area contributed by atoms with E-state index in [0.29, 0.717) is 23.1 Å². The predicted octanol–water partition coefficient (Wildman–Crippen LogP) is 2.09. The van der Waals surface area contributed by atoms with Crippen molar-refractivity contribution in [2.45, 2.75) is 6.54 Å². The standard InChI is InChI=1S/C8H10Cl3N3/c9-6-5(3-13-2-1-12)4-14-8(11)7(6)10/h4,13H,1-3,12H2. The van der Waals surface area contributed by atoms with E-state index >= 15 is 0 Å². The lowest BCUT2D eigenvalue weighted by molar-refractivity contribution is 0.693. The number of nitrogens with zero attached hydrogens (tertiary/aromatic N) is 1. The van der Waals surface area contributed by atoms with Crippen LogP contribution in [0.25, 0.3) is 0 Å². The smallest absolute Gasteiger partial charge is 0.149 e. The summed E-state index contributed by atoms with van der Waals surface area (Å²) in [4.78, 5) is 3.90. The summed E-state index contributed by atoms with van der Waals surface area (Å²) in [5.74, 6) is 0. The summed E-state index contributed by atoms with van der Waals surface area (Å²) in [6.07, 6.45) is 1.60. The van der Waals surface area contributed by atoms with Crippen molar-refractivity contribution in [3.8, 4) is 0 Å². The first-order chi connectivity index (χ1) is 6.66. The van der Waals surface area contributed by atoms with Gasteiger partial charge in [0.1, 0.15) is 5.15 Å². The molecule has 0 spiro atoms. The number of hydrogen-bond acceptors (Lipinski definition) is 3. The van der Waals surface area contributed by atoms with E-state index in [0.717, 1.165) is 12.1 Å². The van der Waals surface area contributed by atoms with E-state index in [4.69, 9.17) is 40.5 Å². The van der Waals surface area contributed by atoms with E-state index in [9.17, 15) is 0 Å². The highest BCUT2D eigenvalue weighted by Gasteiger charge is 2.08. The molecule has 0 saturated heterocycles. The fourth-order valence-corrected chi connectivity index (χ4v) is 1.49. The van der Waals surface area contributed by atoms with Crippen LogP contribution in [-0.2, 0) is 6.54 Å². The lowest BCUT2D eigenvalue weighted by atomic mass is 10.3. The summed E-state index contributed by atoms with van der Waals surface area (Å²) >= 11 is 17.4.